The number of hydrogen-bond donors (Lipinski definition) is 1. The number of rotatable bonds is 3. The molecule has 7 heteroatoms. The van der Waals surface area contributed by atoms with E-state index in [1.807, 2.05) is 0 Å². The molecule has 102 valence electrons. The predicted molar refractivity (Wildman–Crippen MR) is 63.1 cm³/mol. The Morgan fingerprint density at radius 3 is 2.53 bits per heavy atom. The third kappa shape index (κ3) is 3.40. The number of nitrogens with one attached hydrogen (secondary N) is 1. The van der Waals surface area contributed by atoms with Crippen LogP contribution in [0.5, 0.6) is 5.75 Å². The minimum atomic E-state index is -2.88. The Bertz CT molecular complexity index is 476. The van der Waals surface area contributed by atoms with Gasteiger partial charge in [-0.15, -0.1) is 0 Å². The second-order valence-electron chi connectivity index (χ2n) is 3.94. The Balaban J connectivity index is 2.12. The standard InChI is InChI=1S/C12H12F2N2O3/c13-12(14)19-9-3-1-8(2-4-9)16-6-5-10(17)15-7-11(16)18/h1-4,12H,5-7H2,(H,15,17). The van der Waals surface area contributed by atoms with Gasteiger partial charge < -0.3 is 15.0 Å². The summed E-state index contributed by atoms with van der Waals surface area (Å²) in [7, 11) is 0. The molecule has 1 aromatic carbocycles. The van der Waals surface area contributed by atoms with Gasteiger partial charge in [0, 0.05) is 18.7 Å². The zero-order valence-electron chi connectivity index (χ0n) is 9.94. The molecule has 0 bridgehead atoms. The van der Waals surface area contributed by atoms with E-state index >= 15 is 0 Å². The first-order valence-electron chi connectivity index (χ1n) is 5.68. The van der Waals surface area contributed by atoms with Gasteiger partial charge in [0.25, 0.3) is 0 Å². The first-order valence-corrected chi connectivity index (χ1v) is 5.68. The summed E-state index contributed by atoms with van der Waals surface area (Å²) in [6.07, 6.45) is 0.209. The summed E-state index contributed by atoms with van der Waals surface area (Å²) in [5.41, 5.74) is 0.545. The minimum Gasteiger partial charge on any atom is -0.435 e. The lowest BCUT2D eigenvalue weighted by molar-refractivity contribution is -0.123. The molecular formula is C12H12F2N2O3. The van der Waals surface area contributed by atoms with Gasteiger partial charge in [0.15, 0.2) is 0 Å². The fourth-order valence-electron chi connectivity index (χ4n) is 1.78. The maximum absolute atomic E-state index is 12.0. The van der Waals surface area contributed by atoms with E-state index in [9.17, 15) is 18.4 Å². The quantitative estimate of drug-likeness (QED) is 0.896. The SMILES string of the molecule is O=C1CCN(c2ccc(OC(F)F)cc2)C(=O)CN1. The summed E-state index contributed by atoms with van der Waals surface area (Å²) in [5.74, 6) is -0.405. The van der Waals surface area contributed by atoms with Crippen LogP contribution in [-0.2, 0) is 9.59 Å². The molecule has 0 unspecified atom stereocenters. The summed E-state index contributed by atoms with van der Waals surface area (Å²) in [6.45, 7) is -2.68. The summed E-state index contributed by atoms with van der Waals surface area (Å²) in [6, 6.07) is 5.72. The molecule has 1 fully saturated rings. The molecule has 0 radical (unpaired) electrons. The van der Waals surface area contributed by atoms with E-state index in [0.29, 0.717) is 5.69 Å². The van der Waals surface area contributed by atoms with Gasteiger partial charge in [-0.1, -0.05) is 0 Å². The monoisotopic (exact) mass is 270 g/mol. The molecule has 0 spiro atoms. The third-order valence-electron chi connectivity index (χ3n) is 2.67. The Labute approximate surface area is 108 Å². The van der Waals surface area contributed by atoms with Gasteiger partial charge >= 0.3 is 6.61 Å². The summed E-state index contributed by atoms with van der Waals surface area (Å²) >= 11 is 0. The highest BCUT2D eigenvalue weighted by molar-refractivity contribution is 5.98. The number of ether oxygens (including phenoxy) is 1. The highest BCUT2D eigenvalue weighted by Crippen LogP contribution is 2.21. The van der Waals surface area contributed by atoms with Crippen molar-refractivity contribution in [3.63, 3.8) is 0 Å². The van der Waals surface area contributed by atoms with Crippen molar-refractivity contribution >= 4 is 17.5 Å². The smallest absolute Gasteiger partial charge is 0.387 e. The Kier molecular flexibility index (Phi) is 3.94. The number of halogens is 2. The van der Waals surface area contributed by atoms with Crippen molar-refractivity contribution in [1.82, 2.24) is 5.32 Å². The molecule has 1 N–H and O–H groups in total. The number of amides is 2. The molecule has 1 aliphatic heterocycles. The van der Waals surface area contributed by atoms with Crippen LogP contribution in [0.2, 0.25) is 0 Å². The summed E-state index contributed by atoms with van der Waals surface area (Å²) in [5, 5.41) is 2.48. The largest absolute Gasteiger partial charge is 0.435 e. The molecule has 19 heavy (non-hydrogen) atoms. The number of benzene rings is 1. The van der Waals surface area contributed by atoms with Gasteiger partial charge in [0.2, 0.25) is 11.8 Å². The minimum absolute atomic E-state index is 0.0234. The summed E-state index contributed by atoms with van der Waals surface area (Å²) < 4.78 is 28.2. The fourth-order valence-corrected chi connectivity index (χ4v) is 1.78. The molecule has 5 nitrogen and oxygen atoms in total. The topological polar surface area (TPSA) is 58.6 Å². The number of hydrogen-bond acceptors (Lipinski definition) is 3. The molecular weight excluding hydrogens is 258 g/mol. The van der Waals surface area contributed by atoms with Crippen LogP contribution in [0.15, 0.2) is 24.3 Å². The second kappa shape index (κ2) is 5.64. The molecule has 2 rings (SSSR count). The Hall–Kier alpha value is -2.18. The van der Waals surface area contributed by atoms with Gasteiger partial charge in [-0.3, -0.25) is 9.59 Å². The van der Waals surface area contributed by atoms with E-state index in [1.165, 1.54) is 29.2 Å². The number of nitrogens with zero attached hydrogens (tertiary/aromatic N) is 1. The first-order chi connectivity index (χ1) is 9.06. The molecule has 1 heterocycles. The normalized spacial score (nSPS) is 16.3. The number of carbonyl (C=O) groups is 2. The molecule has 1 aliphatic rings. The number of alkyl halides is 2. The number of carbonyl (C=O) groups excluding carboxylic acids is 2. The molecule has 0 saturated carbocycles. The van der Waals surface area contributed by atoms with Gasteiger partial charge in [-0.25, -0.2) is 0 Å². The second-order valence-corrected chi connectivity index (χ2v) is 3.94. The maximum atomic E-state index is 12.0. The zero-order chi connectivity index (χ0) is 13.8. The van der Waals surface area contributed by atoms with Crippen molar-refractivity contribution in [3.8, 4) is 5.75 Å². The van der Waals surface area contributed by atoms with Crippen molar-refractivity contribution in [3.05, 3.63) is 24.3 Å². The van der Waals surface area contributed by atoms with E-state index < -0.39 is 6.61 Å². The van der Waals surface area contributed by atoms with E-state index in [-0.39, 0.29) is 37.1 Å². The van der Waals surface area contributed by atoms with Crippen LogP contribution in [0.3, 0.4) is 0 Å². The van der Waals surface area contributed by atoms with Crippen molar-refractivity contribution in [1.29, 1.82) is 0 Å². The summed E-state index contributed by atoms with van der Waals surface area (Å²) in [4.78, 5) is 24.4. The fraction of sp³-hybridized carbons (Fsp3) is 0.333. The van der Waals surface area contributed by atoms with Crippen molar-refractivity contribution in [2.24, 2.45) is 0 Å². The maximum Gasteiger partial charge on any atom is 0.387 e. The van der Waals surface area contributed by atoms with Gasteiger partial charge in [-0.05, 0) is 24.3 Å². The average molecular weight is 270 g/mol. The highest BCUT2D eigenvalue weighted by Gasteiger charge is 2.21. The van der Waals surface area contributed by atoms with Gasteiger partial charge in [0.1, 0.15) is 5.75 Å². The average Bonchev–Trinajstić information content (AvgIpc) is 2.53. The lowest BCUT2D eigenvalue weighted by atomic mass is 10.2. The molecule has 0 aromatic heterocycles. The molecule has 1 saturated heterocycles. The predicted octanol–water partition coefficient (Wildman–Crippen LogP) is 1.14. The van der Waals surface area contributed by atoms with Crippen LogP contribution in [0.1, 0.15) is 6.42 Å². The lowest BCUT2D eigenvalue weighted by Crippen LogP contribution is -2.35. The molecule has 1 aromatic rings. The lowest BCUT2D eigenvalue weighted by Gasteiger charge is -2.20. The van der Waals surface area contributed by atoms with Crippen LogP contribution in [0.25, 0.3) is 0 Å². The van der Waals surface area contributed by atoms with Crippen molar-refractivity contribution < 1.29 is 23.1 Å². The highest BCUT2D eigenvalue weighted by atomic mass is 19.3. The van der Waals surface area contributed by atoms with Gasteiger partial charge in [-0.2, -0.15) is 8.78 Å². The zero-order valence-corrected chi connectivity index (χ0v) is 9.94. The van der Waals surface area contributed by atoms with E-state index in [1.54, 1.807) is 0 Å². The first kappa shape index (κ1) is 13.3. The van der Waals surface area contributed by atoms with E-state index in [0.717, 1.165) is 0 Å². The molecule has 0 atom stereocenters. The van der Waals surface area contributed by atoms with Crippen molar-refractivity contribution in [2.75, 3.05) is 18.0 Å². The van der Waals surface area contributed by atoms with E-state index in [4.69, 9.17) is 0 Å². The van der Waals surface area contributed by atoms with Crippen molar-refractivity contribution in [2.45, 2.75) is 13.0 Å². The van der Waals surface area contributed by atoms with Gasteiger partial charge in [0.05, 0.1) is 6.54 Å². The molecule has 0 aliphatic carbocycles. The van der Waals surface area contributed by atoms with Crippen LogP contribution in [0.4, 0.5) is 14.5 Å². The van der Waals surface area contributed by atoms with Crippen LogP contribution < -0.4 is 15.0 Å². The van der Waals surface area contributed by atoms with Crippen LogP contribution in [0, 0.1) is 0 Å². The van der Waals surface area contributed by atoms with Crippen LogP contribution >= 0.6 is 0 Å². The Morgan fingerprint density at radius 2 is 1.89 bits per heavy atom. The third-order valence-corrected chi connectivity index (χ3v) is 2.67. The number of anilines is 1. The van der Waals surface area contributed by atoms with E-state index in [2.05, 4.69) is 10.1 Å². The molecule has 2 amide bonds. The van der Waals surface area contributed by atoms with Crippen LogP contribution in [-0.4, -0.2) is 31.5 Å². The Morgan fingerprint density at radius 1 is 1.21 bits per heavy atom.